The highest BCUT2D eigenvalue weighted by atomic mass is 16.5. The summed E-state index contributed by atoms with van der Waals surface area (Å²) in [5, 5.41) is 49.2. The molecule has 1 fully saturated rings. The van der Waals surface area contributed by atoms with Gasteiger partial charge in [0.1, 0.15) is 66.2 Å². The van der Waals surface area contributed by atoms with Crippen molar-refractivity contribution in [3.8, 4) is 11.6 Å². The Labute approximate surface area is 515 Å². The van der Waals surface area contributed by atoms with E-state index in [1.54, 1.807) is 74.5 Å². The number of ether oxygens (including phenoxy) is 1. The number of carbonyl (C=O) groups excluding carboxylic acids is 11. The number of hydrogen-bond donors (Lipinski definition) is 18. The summed E-state index contributed by atoms with van der Waals surface area (Å²) in [6.07, 6.45) is -3.32. The van der Waals surface area contributed by atoms with E-state index in [1.807, 2.05) is 0 Å². The fourth-order valence-corrected chi connectivity index (χ4v) is 9.09. The molecule has 2 aromatic carbocycles. The smallest absolute Gasteiger partial charge is 0.253 e. The van der Waals surface area contributed by atoms with Gasteiger partial charge in [-0.25, -0.2) is 4.98 Å². The molecule has 1 saturated heterocycles. The third-order valence-electron chi connectivity index (χ3n) is 13.9. The molecular weight excluding hydrogens is 1160 g/mol. The Morgan fingerprint density at radius 2 is 1.11 bits per heavy atom. The average molecular weight is 1250 g/mol. The van der Waals surface area contributed by atoms with Crippen LogP contribution in [0, 0.1) is 5.92 Å². The molecule has 2 heterocycles. The first-order valence-corrected chi connectivity index (χ1v) is 29.3. The Hall–Kier alpha value is -8.72. The van der Waals surface area contributed by atoms with Gasteiger partial charge >= 0.3 is 0 Å². The predicted octanol–water partition coefficient (Wildman–Crippen LogP) is -5.74. The fourth-order valence-electron chi connectivity index (χ4n) is 9.09. The van der Waals surface area contributed by atoms with E-state index in [0.29, 0.717) is 11.3 Å². The van der Waals surface area contributed by atoms with Crippen molar-refractivity contribution < 1.29 is 67.7 Å². The molecular formula is C58H87N17O14. The van der Waals surface area contributed by atoms with Crippen LogP contribution in [0.5, 0.6) is 11.6 Å². The maximum Gasteiger partial charge on any atom is 0.253 e. The van der Waals surface area contributed by atoms with Gasteiger partial charge in [-0.05, 0) is 108 Å². The molecule has 1 aliphatic rings. The lowest BCUT2D eigenvalue weighted by atomic mass is 10.00. The van der Waals surface area contributed by atoms with Crippen LogP contribution in [0.25, 0.3) is 0 Å². The number of hydrogen-bond acceptors (Lipinski definition) is 20. The van der Waals surface area contributed by atoms with Crippen LogP contribution >= 0.6 is 0 Å². The first kappa shape index (κ1) is 72.8. The van der Waals surface area contributed by atoms with Gasteiger partial charge in [0.05, 0.1) is 17.8 Å². The number of aromatic nitrogens is 1. The van der Waals surface area contributed by atoms with E-state index in [4.69, 9.17) is 33.4 Å². The normalized spacial score (nSPS) is 21.9. The number of nitrogens with two attached hydrogens (primary N) is 5. The monoisotopic (exact) mass is 1250 g/mol. The average Bonchev–Trinajstić information content (AvgIpc) is 3.57. The van der Waals surface area contributed by atoms with E-state index in [0.717, 1.165) is 6.92 Å². The summed E-state index contributed by atoms with van der Waals surface area (Å²) in [5.74, 6) is -10.0. The quantitative estimate of drug-likeness (QED) is 0.0376. The predicted molar refractivity (Wildman–Crippen MR) is 324 cm³/mol. The number of nitrogens with zero attached hydrogens (tertiary/aromatic N) is 1. The molecule has 31 heteroatoms. The summed E-state index contributed by atoms with van der Waals surface area (Å²) in [5.41, 5.74) is 30.1. The summed E-state index contributed by atoms with van der Waals surface area (Å²) in [4.78, 5) is 158. The van der Waals surface area contributed by atoms with Gasteiger partial charge in [-0.1, -0.05) is 62.4 Å². The van der Waals surface area contributed by atoms with E-state index in [-0.39, 0.29) is 82.1 Å². The molecule has 488 valence electrons. The molecule has 1 aliphatic heterocycles. The van der Waals surface area contributed by atoms with Gasteiger partial charge in [0, 0.05) is 31.8 Å². The molecule has 0 saturated carbocycles. The van der Waals surface area contributed by atoms with Gasteiger partial charge in [0.2, 0.25) is 65.0 Å². The Morgan fingerprint density at radius 1 is 0.584 bits per heavy atom. The van der Waals surface area contributed by atoms with Crippen molar-refractivity contribution in [1.29, 1.82) is 0 Å². The number of carbonyl (C=O) groups is 11. The number of aliphatic hydroxyl groups is 2. The summed E-state index contributed by atoms with van der Waals surface area (Å²) < 4.78 is 5.68. The molecule has 3 aromatic rings. The molecule has 1 aromatic heterocycles. The van der Waals surface area contributed by atoms with Crippen LogP contribution in [0.4, 0.5) is 0 Å². The fraction of sp³-hybridized carbons (Fsp3) is 0.517. The van der Waals surface area contributed by atoms with Crippen molar-refractivity contribution in [3.63, 3.8) is 0 Å². The first-order chi connectivity index (χ1) is 42.4. The van der Waals surface area contributed by atoms with Crippen LogP contribution < -0.4 is 91.9 Å². The second-order valence-electron chi connectivity index (χ2n) is 21.7. The molecule has 0 unspecified atom stereocenters. The van der Waals surface area contributed by atoms with E-state index in [1.165, 1.54) is 25.3 Å². The molecule has 31 nitrogen and oxygen atoms in total. The van der Waals surface area contributed by atoms with Gasteiger partial charge in [-0.3, -0.25) is 52.7 Å². The van der Waals surface area contributed by atoms with Gasteiger partial charge in [0.15, 0.2) is 0 Å². The maximum absolute atomic E-state index is 14.5. The third kappa shape index (κ3) is 23.7. The minimum Gasteiger partial charge on any atom is -0.439 e. The van der Waals surface area contributed by atoms with Crippen molar-refractivity contribution in [1.82, 2.24) is 63.5 Å². The zero-order chi connectivity index (χ0) is 65.7. The Morgan fingerprint density at radius 3 is 1.63 bits per heavy atom. The maximum atomic E-state index is 14.5. The molecule has 11 amide bonds. The van der Waals surface area contributed by atoms with Crippen LogP contribution in [0.15, 0.2) is 79.0 Å². The minimum absolute atomic E-state index is 0.0328. The van der Waals surface area contributed by atoms with E-state index >= 15 is 0 Å². The van der Waals surface area contributed by atoms with Crippen LogP contribution in [0.2, 0.25) is 0 Å². The summed E-state index contributed by atoms with van der Waals surface area (Å²) in [7, 11) is 0. The second-order valence-corrected chi connectivity index (χ2v) is 21.7. The largest absolute Gasteiger partial charge is 0.439 e. The number of para-hydroxylation sites is 1. The number of benzene rings is 2. The van der Waals surface area contributed by atoms with E-state index in [2.05, 4.69) is 63.5 Å². The summed E-state index contributed by atoms with van der Waals surface area (Å²) in [6, 6.07) is 4.73. The number of nitrogens with one attached hydrogen (secondary N) is 11. The number of pyridine rings is 1. The highest BCUT2D eigenvalue weighted by Crippen LogP contribution is 2.19. The molecule has 89 heavy (non-hydrogen) atoms. The first-order valence-electron chi connectivity index (χ1n) is 29.3. The zero-order valence-electron chi connectivity index (χ0n) is 50.3. The van der Waals surface area contributed by atoms with Crippen molar-refractivity contribution in [3.05, 3.63) is 90.1 Å². The lowest BCUT2D eigenvalue weighted by Gasteiger charge is -2.28. The van der Waals surface area contributed by atoms with Gasteiger partial charge in [-0.15, -0.1) is 0 Å². The summed E-state index contributed by atoms with van der Waals surface area (Å²) in [6.45, 7) is 4.14. The summed E-state index contributed by atoms with van der Waals surface area (Å²) >= 11 is 0. The lowest BCUT2D eigenvalue weighted by Crippen LogP contribution is -2.63. The number of amides is 11. The van der Waals surface area contributed by atoms with Crippen molar-refractivity contribution in [2.24, 2.45) is 34.6 Å². The second kappa shape index (κ2) is 37.2. The molecule has 23 N–H and O–H groups in total. The molecule has 0 bridgehead atoms. The molecule has 0 spiro atoms. The zero-order valence-corrected chi connectivity index (χ0v) is 50.3. The van der Waals surface area contributed by atoms with Gasteiger partial charge in [0.25, 0.3) is 5.91 Å². The molecule has 0 aliphatic carbocycles. The van der Waals surface area contributed by atoms with Crippen molar-refractivity contribution in [2.45, 2.75) is 145 Å². The van der Waals surface area contributed by atoms with E-state index in [9.17, 15) is 63.0 Å². The van der Waals surface area contributed by atoms with E-state index < -0.39 is 157 Å². The number of rotatable bonds is 25. The Bertz CT molecular complexity index is 2840. The third-order valence-corrected chi connectivity index (χ3v) is 13.9. The van der Waals surface area contributed by atoms with Crippen LogP contribution in [0.1, 0.15) is 82.1 Å². The topological polar surface area (TPSA) is 513 Å². The highest BCUT2D eigenvalue weighted by molar-refractivity contribution is 6.00. The molecule has 0 radical (unpaired) electrons. The van der Waals surface area contributed by atoms with Crippen LogP contribution in [-0.4, -0.2) is 192 Å². The van der Waals surface area contributed by atoms with Crippen LogP contribution in [0.3, 0.4) is 0 Å². The highest BCUT2D eigenvalue weighted by Gasteiger charge is 2.37. The van der Waals surface area contributed by atoms with Gasteiger partial charge < -0.3 is 102 Å². The Balaban J connectivity index is 1.66. The lowest BCUT2D eigenvalue weighted by molar-refractivity contribution is -0.136. The SMILES string of the molecule is CC(C)C[C@@H]1NC(=O)[C@@H](Cc2ccccc2)NC(=O)[C@H](CCN)NC(=O)[C@@H](NC(=O)[C@H](CN)NC(=O)[C@@H](NC(=O)[C@H](CCN)NC(=O)c2ccc(Oc3ccccc3)nc2)[C@@H](C)O)CCNC(=O)[C@H]([C@@H](C)O)NC(=O)[C@H](CCN)NC(=O)[C@H](CCN)NC1=O. The van der Waals surface area contributed by atoms with Gasteiger partial charge in [-0.2, -0.15) is 0 Å². The Kier molecular flexibility index (Phi) is 30.4. The molecule has 4 rings (SSSR count). The molecule has 12 atom stereocenters. The van der Waals surface area contributed by atoms with Crippen molar-refractivity contribution >= 4 is 65.0 Å². The van der Waals surface area contributed by atoms with Crippen LogP contribution in [-0.2, 0) is 54.4 Å². The minimum atomic E-state index is -1.79. The van der Waals surface area contributed by atoms with Crippen molar-refractivity contribution in [2.75, 3.05) is 39.3 Å². The standard InChI is InChI=1S/C58H87N17O14/c1-31(2)27-42-54(84)69-37(17-22-59)49(79)68-40(20-25-62)53(83)74-46(32(3)76)57(87)64-26-21-41(51(81)67-38(18-23-60)50(80)72-43(55(85)71-42)28-34-11-7-5-8-12-34)70-56(86)44(29-63)73-58(88)47(33(4)77)75-52(82)39(19-24-61)66-48(78)35-15-16-45(65-30-35)89-36-13-9-6-10-14-36/h5-16,30-33,37-44,46-47,76-77H,17-29,59-63H2,1-4H3,(H,64,87)(H,66,78)(H,67,81)(H,68,79)(H,69,84)(H,70,86)(H,71,85)(H,72,80)(H,73,88)(H,74,83)(H,75,82)/t32-,33-,37+,38+,39+,40+,41+,42+,43-,44+,46+,47+/m1/s1. The number of aliphatic hydroxyl groups excluding tert-OH is 2.